The van der Waals surface area contributed by atoms with Crippen LogP contribution in [0.1, 0.15) is 12.0 Å². The summed E-state index contributed by atoms with van der Waals surface area (Å²) in [5.74, 6) is 0. The lowest BCUT2D eigenvalue weighted by molar-refractivity contribution is 0.102. The second-order valence-electron chi connectivity index (χ2n) is 8.03. The minimum atomic E-state index is -0.811. The molecule has 1 saturated heterocycles. The highest BCUT2D eigenvalue weighted by molar-refractivity contribution is 5.96. The van der Waals surface area contributed by atoms with Crippen molar-refractivity contribution in [1.82, 2.24) is 25.0 Å². The number of fused-ring (bicyclic) bond motifs is 2. The minimum Gasteiger partial charge on any atom is -0.353 e. The van der Waals surface area contributed by atoms with Crippen LogP contribution < -0.4 is 5.32 Å². The molecular formula is C23H26FN5. The molecule has 29 heavy (non-hydrogen) atoms. The van der Waals surface area contributed by atoms with Crippen molar-refractivity contribution in [2.75, 3.05) is 20.1 Å². The monoisotopic (exact) mass is 391 g/mol. The summed E-state index contributed by atoms with van der Waals surface area (Å²) in [5.41, 5.74) is 5.41. The zero-order chi connectivity index (χ0) is 20.0. The van der Waals surface area contributed by atoms with Gasteiger partial charge < -0.3 is 10.3 Å². The number of benzene rings is 2. The van der Waals surface area contributed by atoms with Gasteiger partial charge in [-0.25, -0.2) is 4.39 Å². The second-order valence-corrected chi connectivity index (χ2v) is 8.03. The minimum absolute atomic E-state index is 0.0193. The number of alkyl halides is 1. The Hall–Kier alpha value is -2.70. The van der Waals surface area contributed by atoms with Crippen molar-refractivity contribution in [1.29, 1.82) is 0 Å². The van der Waals surface area contributed by atoms with Gasteiger partial charge >= 0.3 is 0 Å². The number of piperidine rings is 1. The predicted molar refractivity (Wildman–Crippen MR) is 116 cm³/mol. The van der Waals surface area contributed by atoms with Gasteiger partial charge in [0.15, 0.2) is 0 Å². The number of H-pyrrole nitrogens is 1. The molecule has 4 aromatic rings. The number of hydrogen-bond donors (Lipinski definition) is 2. The largest absolute Gasteiger partial charge is 0.353 e. The van der Waals surface area contributed by atoms with Crippen molar-refractivity contribution in [3.63, 3.8) is 0 Å². The van der Waals surface area contributed by atoms with E-state index in [1.807, 2.05) is 30.9 Å². The zero-order valence-electron chi connectivity index (χ0n) is 16.8. The van der Waals surface area contributed by atoms with Crippen LogP contribution in [0.5, 0.6) is 0 Å². The van der Waals surface area contributed by atoms with Gasteiger partial charge in [-0.15, -0.1) is 0 Å². The Bertz CT molecular complexity index is 1160. The number of nitrogens with one attached hydrogen (secondary N) is 2. The van der Waals surface area contributed by atoms with Crippen LogP contribution in [0.3, 0.4) is 0 Å². The highest BCUT2D eigenvalue weighted by Crippen LogP contribution is 2.30. The van der Waals surface area contributed by atoms with Crippen molar-refractivity contribution in [2.45, 2.75) is 25.2 Å². The average Bonchev–Trinajstić information content (AvgIpc) is 3.29. The van der Waals surface area contributed by atoms with Crippen molar-refractivity contribution >= 4 is 21.8 Å². The number of aryl methyl sites for hydroxylation is 1. The molecule has 2 N–H and O–H groups in total. The van der Waals surface area contributed by atoms with Crippen LogP contribution in [0.4, 0.5) is 4.39 Å². The SMILES string of the molecule is CN[C@@H]1CCN(Cc2ccc3[nH]c(-c4nn(C)c5ccccc45)cc3c2)C[C@@H]1F. The molecule has 5 nitrogen and oxygen atoms in total. The Labute approximate surface area is 169 Å². The fourth-order valence-corrected chi connectivity index (χ4v) is 4.52. The summed E-state index contributed by atoms with van der Waals surface area (Å²) >= 11 is 0. The first kappa shape index (κ1) is 18.3. The van der Waals surface area contributed by atoms with Crippen LogP contribution in [0.2, 0.25) is 0 Å². The third kappa shape index (κ3) is 3.32. The van der Waals surface area contributed by atoms with E-state index in [2.05, 4.69) is 51.6 Å². The lowest BCUT2D eigenvalue weighted by Gasteiger charge is -2.34. The summed E-state index contributed by atoms with van der Waals surface area (Å²) in [6.45, 7) is 2.18. The lowest BCUT2D eigenvalue weighted by Crippen LogP contribution is -2.49. The van der Waals surface area contributed by atoms with Gasteiger partial charge in [0.2, 0.25) is 0 Å². The number of likely N-dealkylation sites (tertiary alicyclic amines) is 1. The molecule has 1 fully saturated rings. The first-order valence-electron chi connectivity index (χ1n) is 10.2. The highest BCUT2D eigenvalue weighted by atomic mass is 19.1. The van der Waals surface area contributed by atoms with E-state index in [0.717, 1.165) is 52.7 Å². The Morgan fingerprint density at radius 3 is 2.90 bits per heavy atom. The van der Waals surface area contributed by atoms with Crippen molar-refractivity contribution in [2.24, 2.45) is 7.05 Å². The number of hydrogen-bond acceptors (Lipinski definition) is 3. The van der Waals surface area contributed by atoms with Gasteiger partial charge in [0.1, 0.15) is 11.9 Å². The summed E-state index contributed by atoms with van der Waals surface area (Å²) in [7, 11) is 3.82. The van der Waals surface area contributed by atoms with Gasteiger partial charge in [0.05, 0.1) is 11.2 Å². The molecule has 0 bridgehead atoms. The van der Waals surface area contributed by atoms with E-state index in [1.165, 1.54) is 5.56 Å². The third-order valence-corrected chi connectivity index (χ3v) is 6.10. The van der Waals surface area contributed by atoms with Gasteiger partial charge in [-0.05, 0) is 43.3 Å². The lowest BCUT2D eigenvalue weighted by atomic mass is 10.0. The van der Waals surface area contributed by atoms with Gasteiger partial charge in [-0.1, -0.05) is 24.3 Å². The molecule has 0 unspecified atom stereocenters. The average molecular weight is 391 g/mol. The van der Waals surface area contributed by atoms with E-state index in [0.29, 0.717) is 6.54 Å². The Morgan fingerprint density at radius 2 is 2.07 bits per heavy atom. The van der Waals surface area contributed by atoms with E-state index < -0.39 is 6.17 Å². The van der Waals surface area contributed by atoms with E-state index in [4.69, 9.17) is 5.10 Å². The van der Waals surface area contributed by atoms with Gasteiger partial charge in [0, 0.05) is 49.0 Å². The number of aromatic amines is 1. The van der Waals surface area contributed by atoms with E-state index in [9.17, 15) is 4.39 Å². The Balaban J connectivity index is 1.42. The molecule has 1 aliphatic rings. The first-order chi connectivity index (χ1) is 14.1. The van der Waals surface area contributed by atoms with Gasteiger partial charge in [-0.2, -0.15) is 5.10 Å². The summed E-state index contributed by atoms with van der Waals surface area (Å²) in [4.78, 5) is 5.72. The van der Waals surface area contributed by atoms with Crippen molar-refractivity contribution in [3.05, 3.63) is 54.1 Å². The van der Waals surface area contributed by atoms with E-state index >= 15 is 0 Å². The molecule has 2 atom stereocenters. The molecule has 2 aromatic carbocycles. The third-order valence-electron chi connectivity index (χ3n) is 6.10. The van der Waals surface area contributed by atoms with Crippen LogP contribution in [0.15, 0.2) is 48.5 Å². The van der Waals surface area contributed by atoms with Gasteiger partial charge in [-0.3, -0.25) is 9.58 Å². The van der Waals surface area contributed by atoms with Gasteiger partial charge in [0.25, 0.3) is 0 Å². The van der Waals surface area contributed by atoms with Crippen molar-refractivity contribution < 1.29 is 4.39 Å². The number of halogens is 1. The predicted octanol–water partition coefficient (Wildman–Crippen LogP) is 3.85. The molecule has 6 heteroatoms. The van der Waals surface area contributed by atoms with Crippen LogP contribution in [-0.2, 0) is 13.6 Å². The maximum absolute atomic E-state index is 14.3. The number of para-hydroxylation sites is 1. The standard InChI is InChI=1S/C23H26FN5/c1-25-20-9-10-29(14-18(20)24)13-15-7-8-19-16(11-15)12-21(26-19)23-17-5-3-4-6-22(17)28(2)27-23/h3-8,11-12,18,20,25-26H,9-10,13-14H2,1-2H3/t18-,20+/m0/s1. The normalized spacial score (nSPS) is 20.7. The van der Waals surface area contributed by atoms with E-state index in [1.54, 1.807) is 0 Å². The zero-order valence-corrected chi connectivity index (χ0v) is 16.8. The molecule has 0 amide bonds. The smallest absolute Gasteiger partial charge is 0.128 e. The molecule has 5 rings (SSSR count). The summed E-state index contributed by atoms with van der Waals surface area (Å²) in [6, 6.07) is 16.9. The maximum Gasteiger partial charge on any atom is 0.128 e. The quantitative estimate of drug-likeness (QED) is 0.556. The Morgan fingerprint density at radius 1 is 1.21 bits per heavy atom. The number of nitrogens with zero attached hydrogens (tertiary/aromatic N) is 3. The molecule has 0 spiro atoms. The first-order valence-corrected chi connectivity index (χ1v) is 10.2. The topological polar surface area (TPSA) is 48.9 Å². The van der Waals surface area contributed by atoms with E-state index in [-0.39, 0.29) is 6.04 Å². The fraction of sp³-hybridized carbons (Fsp3) is 0.348. The summed E-state index contributed by atoms with van der Waals surface area (Å²) in [5, 5.41) is 10.1. The summed E-state index contributed by atoms with van der Waals surface area (Å²) in [6.07, 6.45) is 0.0369. The Kier molecular flexibility index (Phi) is 4.60. The van der Waals surface area contributed by atoms with Crippen LogP contribution >= 0.6 is 0 Å². The van der Waals surface area contributed by atoms with Crippen LogP contribution in [0, 0.1) is 0 Å². The second kappa shape index (κ2) is 7.28. The maximum atomic E-state index is 14.3. The highest BCUT2D eigenvalue weighted by Gasteiger charge is 2.27. The van der Waals surface area contributed by atoms with Crippen LogP contribution in [-0.4, -0.2) is 52.0 Å². The van der Waals surface area contributed by atoms with Crippen LogP contribution in [0.25, 0.3) is 33.2 Å². The fourth-order valence-electron chi connectivity index (χ4n) is 4.52. The molecule has 2 aromatic heterocycles. The molecule has 150 valence electrons. The molecule has 0 saturated carbocycles. The molecule has 1 aliphatic heterocycles. The van der Waals surface area contributed by atoms with Crippen molar-refractivity contribution in [3.8, 4) is 11.4 Å². The molecular weight excluding hydrogens is 365 g/mol. The number of rotatable bonds is 4. The molecule has 0 aliphatic carbocycles. The molecule has 3 heterocycles. The number of aromatic nitrogens is 3. The summed E-state index contributed by atoms with van der Waals surface area (Å²) < 4.78 is 16.2. The molecule has 0 radical (unpaired) electrons.